The highest BCUT2D eigenvalue weighted by molar-refractivity contribution is 5.03. The van der Waals surface area contributed by atoms with Gasteiger partial charge in [0.1, 0.15) is 6.04 Å². The number of rotatable bonds is 1. The molecule has 0 aliphatic carbocycles. The van der Waals surface area contributed by atoms with Crippen molar-refractivity contribution in [2.24, 2.45) is 5.92 Å². The van der Waals surface area contributed by atoms with Gasteiger partial charge in [0, 0.05) is 12.1 Å². The van der Waals surface area contributed by atoms with Gasteiger partial charge in [0.05, 0.1) is 0 Å². The molecule has 17 heavy (non-hydrogen) atoms. The summed E-state index contributed by atoms with van der Waals surface area (Å²) >= 11 is 0. The molecule has 0 saturated carbocycles. The van der Waals surface area contributed by atoms with Gasteiger partial charge in [-0.25, -0.2) is 0 Å². The molecule has 2 nitrogen and oxygen atoms in total. The van der Waals surface area contributed by atoms with Crippen molar-refractivity contribution in [1.29, 1.82) is 0 Å². The molecule has 2 fully saturated rings. The van der Waals surface area contributed by atoms with E-state index in [1.165, 1.54) is 6.92 Å². The molecule has 2 aliphatic rings. The average Bonchev–Trinajstić information content (AvgIpc) is 2.58. The highest BCUT2D eigenvalue weighted by atomic mass is 19.4. The largest absolute Gasteiger partial charge is 0.403 e. The van der Waals surface area contributed by atoms with E-state index in [4.69, 9.17) is 0 Å². The Morgan fingerprint density at radius 1 is 1.41 bits per heavy atom. The Bertz CT molecular complexity index is 279. The predicted octanol–water partition coefficient (Wildman–Crippen LogP) is 2.40. The lowest BCUT2D eigenvalue weighted by Crippen LogP contribution is -2.61. The van der Waals surface area contributed by atoms with Gasteiger partial charge < -0.3 is 5.32 Å². The van der Waals surface area contributed by atoms with Crippen LogP contribution in [0, 0.1) is 5.92 Å². The fraction of sp³-hybridized carbons (Fsp3) is 1.00. The molecule has 3 unspecified atom stereocenters. The second-order valence-corrected chi connectivity index (χ2v) is 5.68. The van der Waals surface area contributed by atoms with Crippen molar-refractivity contribution in [2.75, 3.05) is 19.6 Å². The van der Waals surface area contributed by atoms with Crippen LogP contribution >= 0.6 is 0 Å². The van der Waals surface area contributed by atoms with Crippen LogP contribution in [0.1, 0.15) is 33.1 Å². The molecule has 0 bridgehead atoms. The molecule has 0 aromatic rings. The molecule has 0 radical (unpaired) electrons. The summed E-state index contributed by atoms with van der Waals surface area (Å²) in [6.07, 6.45) is -1.45. The molecule has 0 amide bonds. The molecule has 2 saturated heterocycles. The highest BCUT2D eigenvalue weighted by Crippen LogP contribution is 2.41. The normalized spacial score (nSPS) is 37.6. The molecule has 1 N–H and O–H groups in total. The number of alkyl halides is 3. The van der Waals surface area contributed by atoms with Crippen molar-refractivity contribution in [3.05, 3.63) is 0 Å². The van der Waals surface area contributed by atoms with E-state index in [9.17, 15) is 13.2 Å². The van der Waals surface area contributed by atoms with Crippen molar-refractivity contribution in [2.45, 2.75) is 50.9 Å². The number of halogens is 3. The van der Waals surface area contributed by atoms with E-state index < -0.39 is 12.2 Å². The van der Waals surface area contributed by atoms with E-state index in [1.54, 1.807) is 4.90 Å². The second-order valence-electron chi connectivity index (χ2n) is 5.68. The average molecular weight is 250 g/mol. The number of hydrogen-bond acceptors (Lipinski definition) is 2. The van der Waals surface area contributed by atoms with Gasteiger partial charge in [-0.1, -0.05) is 6.92 Å². The third-order valence-corrected chi connectivity index (χ3v) is 4.27. The fourth-order valence-corrected chi connectivity index (χ4v) is 3.49. The Labute approximate surface area is 101 Å². The van der Waals surface area contributed by atoms with Crippen molar-refractivity contribution in [3.63, 3.8) is 0 Å². The van der Waals surface area contributed by atoms with Crippen LogP contribution in [0.15, 0.2) is 0 Å². The zero-order valence-electron chi connectivity index (χ0n) is 10.5. The number of hydrogen-bond donors (Lipinski definition) is 1. The summed E-state index contributed by atoms with van der Waals surface area (Å²) < 4.78 is 38.6. The number of likely N-dealkylation sites (tertiary alicyclic amines) is 1. The van der Waals surface area contributed by atoms with Crippen LogP contribution in [-0.4, -0.2) is 42.3 Å². The Hall–Kier alpha value is -0.290. The molecule has 0 aromatic carbocycles. The summed E-state index contributed by atoms with van der Waals surface area (Å²) in [6, 6.07) is -1.32. The van der Waals surface area contributed by atoms with Crippen molar-refractivity contribution >= 4 is 0 Å². The maximum atomic E-state index is 12.9. The number of piperidine rings is 1. The van der Waals surface area contributed by atoms with Crippen LogP contribution in [0.5, 0.6) is 0 Å². The molecule has 1 spiro atoms. The van der Waals surface area contributed by atoms with E-state index >= 15 is 0 Å². The summed E-state index contributed by atoms with van der Waals surface area (Å²) in [5.74, 6) is 0.463. The summed E-state index contributed by atoms with van der Waals surface area (Å²) in [7, 11) is 0. The highest BCUT2D eigenvalue weighted by Gasteiger charge is 2.51. The van der Waals surface area contributed by atoms with Crippen LogP contribution < -0.4 is 5.32 Å². The Balaban J connectivity index is 2.16. The van der Waals surface area contributed by atoms with Gasteiger partial charge in [-0.2, -0.15) is 13.2 Å². The summed E-state index contributed by atoms with van der Waals surface area (Å²) in [5, 5.41) is 3.29. The van der Waals surface area contributed by atoms with Gasteiger partial charge in [-0.3, -0.25) is 4.90 Å². The van der Waals surface area contributed by atoms with Gasteiger partial charge in [-0.15, -0.1) is 0 Å². The third-order valence-electron chi connectivity index (χ3n) is 4.27. The summed E-state index contributed by atoms with van der Waals surface area (Å²) in [6.45, 7) is 5.62. The monoisotopic (exact) mass is 250 g/mol. The first-order chi connectivity index (χ1) is 7.85. The molecule has 2 aliphatic heterocycles. The first-order valence-electron chi connectivity index (χ1n) is 6.39. The van der Waals surface area contributed by atoms with E-state index in [2.05, 4.69) is 12.2 Å². The lowest BCUT2D eigenvalue weighted by molar-refractivity contribution is -0.191. The summed E-state index contributed by atoms with van der Waals surface area (Å²) in [4.78, 5) is 1.69. The molecule has 5 heteroatoms. The molecular weight excluding hydrogens is 229 g/mol. The Morgan fingerprint density at radius 2 is 2.12 bits per heavy atom. The molecule has 2 heterocycles. The zero-order chi connectivity index (χ0) is 12.7. The quantitative estimate of drug-likeness (QED) is 0.768. The minimum absolute atomic E-state index is 0.257. The van der Waals surface area contributed by atoms with Crippen molar-refractivity contribution < 1.29 is 13.2 Å². The van der Waals surface area contributed by atoms with Crippen LogP contribution in [0.4, 0.5) is 13.2 Å². The minimum Gasteiger partial charge on any atom is -0.315 e. The van der Waals surface area contributed by atoms with E-state index in [0.717, 1.165) is 25.8 Å². The number of nitrogens with zero attached hydrogens (tertiary/aromatic N) is 1. The van der Waals surface area contributed by atoms with Crippen LogP contribution in [0.2, 0.25) is 0 Å². The van der Waals surface area contributed by atoms with Gasteiger partial charge in [-0.05, 0) is 45.2 Å². The molecule has 100 valence electrons. The van der Waals surface area contributed by atoms with Gasteiger partial charge >= 0.3 is 6.18 Å². The van der Waals surface area contributed by atoms with Crippen molar-refractivity contribution in [1.82, 2.24) is 10.2 Å². The topological polar surface area (TPSA) is 15.3 Å². The second kappa shape index (κ2) is 4.43. The maximum absolute atomic E-state index is 12.9. The Kier molecular flexibility index (Phi) is 3.42. The minimum atomic E-state index is -4.11. The fourth-order valence-electron chi connectivity index (χ4n) is 3.49. The lowest BCUT2D eigenvalue weighted by Gasteiger charge is -2.47. The number of nitrogens with one attached hydrogen (secondary N) is 1. The SMILES string of the molecule is CC1CNCC2(CCCN2C(C)C(F)(F)F)C1. The van der Waals surface area contributed by atoms with Crippen molar-refractivity contribution in [3.8, 4) is 0 Å². The Morgan fingerprint density at radius 3 is 2.71 bits per heavy atom. The molecular formula is C12H21F3N2. The van der Waals surface area contributed by atoms with E-state index in [-0.39, 0.29) is 5.54 Å². The van der Waals surface area contributed by atoms with Crippen LogP contribution in [0.25, 0.3) is 0 Å². The van der Waals surface area contributed by atoms with Gasteiger partial charge in [0.15, 0.2) is 0 Å². The summed E-state index contributed by atoms with van der Waals surface area (Å²) in [5.41, 5.74) is -0.257. The van der Waals surface area contributed by atoms with E-state index in [1.807, 2.05) is 0 Å². The van der Waals surface area contributed by atoms with Gasteiger partial charge in [0.25, 0.3) is 0 Å². The smallest absolute Gasteiger partial charge is 0.315 e. The zero-order valence-corrected chi connectivity index (χ0v) is 10.5. The van der Waals surface area contributed by atoms with Gasteiger partial charge in [0.2, 0.25) is 0 Å². The predicted molar refractivity (Wildman–Crippen MR) is 60.8 cm³/mol. The first kappa shape index (κ1) is 13.1. The molecule has 0 aromatic heterocycles. The van der Waals surface area contributed by atoms with Crippen LogP contribution in [-0.2, 0) is 0 Å². The third kappa shape index (κ3) is 2.45. The standard InChI is InChI=1S/C12H21F3N2/c1-9-6-11(8-16-7-9)4-3-5-17(11)10(2)12(13,14)15/h9-10,16H,3-8H2,1-2H3. The van der Waals surface area contributed by atoms with E-state index in [0.29, 0.717) is 19.0 Å². The first-order valence-corrected chi connectivity index (χ1v) is 6.39. The maximum Gasteiger partial charge on any atom is 0.403 e. The lowest BCUT2D eigenvalue weighted by atomic mass is 9.82. The molecule has 2 rings (SSSR count). The molecule has 3 atom stereocenters. The van der Waals surface area contributed by atoms with Crippen LogP contribution in [0.3, 0.4) is 0 Å².